The van der Waals surface area contributed by atoms with Crippen molar-refractivity contribution in [3.8, 4) is 0 Å². The van der Waals surface area contributed by atoms with Crippen LogP contribution in [0, 0.1) is 0 Å². The monoisotopic (exact) mass is 272 g/mol. The van der Waals surface area contributed by atoms with E-state index in [0.717, 1.165) is 0 Å². The van der Waals surface area contributed by atoms with Crippen LogP contribution in [-0.2, 0) is 14.3 Å². The summed E-state index contributed by atoms with van der Waals surface area (Å²) in [4.78, 5) is 36.0. The van der Waals surface area contributed by atoms with Crippen molar-refractivity contribution in [1.82, 2.24) is 0 Å². The molecule has 1 aromatic carbocycles. The third kappa shape index (κ3) is 1.87. The maximum Gasteiger partial charge on any atom is 0.305 e. The molecular weight excluding hydrogens is 260 g/mol. The normalized spacial score (nSPS) is 21.4. The predicted octanol–water partition coefficient (Wildman–Crippen LogP) is 1.67. The summed E-state index contributed by atoms with van der Waals surface area (Å²) in [5.74, 6) is -1.04. The lowest BCUT2D eigenvalue weighted by atomic mass is 9.81. The topological polar surface area (TPSA) is 69.7 Å². The van der Waals surface area contributed by atoms with Crippen LogP contribution in [0.3, 0.4) is 0 Å². The Balaban J connectivity index is 2.12. The van der Waals surface area contributed by atoms with Crippen LogP contribution in [0.5, 0.6) is 0 Å². The Hall–Kier alpha value is -2.27. The van der Waals surface area contributed by atoms with E-state index >= 15 is 0 Å². The van der Waals surface area contributed by atoms with Gasteiger partial charge in [0.2, 0.25) is 6.29 Å². The van der Waals surface area contributed by atoms with E-state index in [1.807, 2.05) is 0 Å². The molecule has 0 radical (unpaired) electrons. The quantitative estimate of drug-likeness (QED) is 0.727. The summed E-state index contributed by atoms with van der Waals surface area (Å²) in [6.07, 6.45) is -0.729. The second-order valence-corrected chi connectivity index (χ2v) is 4.66. The van der Waals surface area contributed by atoms with Crippen LogP contribution in [0.1, 0.15) is 34.1 Å². The molecule has 0 bridgehead atoms. The smallest absolute Gasteiger partial charge is 0.305 e. The van der Waals surface area contributed by atoms with Crippen molar-refractivity contribution in [1.29, 1.82) is 0 Å². The molecule has 1 atom stereocenters. The number of Topliss-reactive ketones (excluding diaryl/α,β-unsaturated/α-hetero) is 2. The van der Waals surface area contributed by atoms with Crippen molar-refractivity contribution in [2.75, 3.05) is 6.61 Å². The summed E-state index contributed by atoms with van der Waals surface area (Å²) >= 11 is 0. The lowest BCUT2D eigenvalue weighted by Crippen LogP contribution is -2.37. The van der Waals surface area contributed by atoms with Crippen molar-refractivity contribution >= 4 is 17.5 Å². The molecule has 0 aromatic heterocycles. The summed E-state index contributed by atoms with van der Waals surface area (Å²) in [5, 5.41) is 0. The molecule has 0 amide bonds. The van der Waals surface area contributed by atoms with Gasteiger partial charge in [-0.05, 0) is 0 Å². The van der Waals surface area contributed by atoms with Gasteiger partial charge in [-0.3, -0.25) is 14.4 Å². The Kier molecular flexibility index (Phi) is 2.99. The molecule has 0 spiro atoms. The Morgan fingerprint density at radius 2 is 1.85 bits per heavy atom. The van der Waals surface area contributed by atoms with E-state index in [4.69, 9.17) is 9.47 Å². The molecular formula is C15H12O5. The lowest BCUT2D eigenvalue weighted by molar-refractivity contribution is -0.169. The van der Waals surface area contributed by atoms with Crippen molar-refractivity contribution in [2.24, 2.45) is 0 Å². The second kappa shape index (κ2) is 4.68. The van der Waals surface area contributed by atoms with Gasteiger partial charge in [0.05, 0.1) is 12.2 Å². The number of rotatable bonds is 1. The van der Waals surface area contributed by atoms with Crippen LogP contribution in [0.4, 0.5) is 0 Å². The number of hydrogen-bond acceptors (Lipinski definition) is 5. The van der Waals surface area contributed by atoms with Crippen LogP contribution < -0.4 is 0 Å². The Morgan fingerprint density at radius 3 is 2.50 bits per heavy atom. The maximum absolute atomic E-state index is 12.5. The maximum atomic E-state index is 12.5. The van der Waals surface area contributed by atoms with Crippen molar-refractivity contribution in [2.45, 2.75) is 19.6 Å². The van der Waals surface area contributed by atoms with Gasteiger partial charge in [-0.25, -0.2) is 0 Å². The van der Waals surface area contributed by atoms with Gasteiger partial charge in [0.15, 0.2) is 11.6 Å². The highest BCUT2D eigenvalue weighted by atomic mass is 16.7. The fraction of sp³-hybridized carbons (Fsp3) is 0.267. The lowest BCUT2D eigenvalue weighted by Gasteiger charge is -2.30. The second-order valence-electron chi connectivity index (χ2n) is 4.66. The summed E-state index contributed by atoms with van der Waals surface area (Å²) in [6.45, 7) is 1.49. The van der Waals surface area contributed by atoms with E-state index in [0.29, 0.717) is 23.1 Å². The van der Waals surface area contributed by atoms with Crippen molar-refractivity contribution in [3.63, 3.8) is 0 Å². The molecule has 5 nitrogen and oxygen atoms in total. The van der Waals surface area contributed by atoms with Gasteiger partial charge in [-0.15, -0.1) is 0 Å². The SMILES string of the molecule is CC(=O)OC1OCCC2=C1C(=O)c1ccccc1C2=O. The molecule has 20 heavy (non-hydrogen) atoms. The first-order valence-corrected chi connectivity index (χ1v) is 6.30. The number of ketones is 2. The molecule has 0 N–H and O–H groups in total. The van der Waals surface area contributed by atoms with Gasteiger partial charge in [0, 0.05) is 30.0 Å². The van der Waals surface area contributed by atoms with E-state index in [2.05, 4.69) is 0 Å². The Labute approximate surface area is 115 Å². The molecule has 102 valence electrons. The highest BCUT2D eigenvalue weighted by molar-refractivity contribution is 6.27. The average Bonchev–Trinajstić information content (AvgIpc) is 2.44. The van der Waals surface area contributed by atoms with Gasteiger partial charge in [0.1, 0.15) is 0 Å². The van der Waals surface area contributed by atoms with Crippen LogP contribution in [0.25, 0.3) is 0 Å². The highest BCUT2D eigenvalue weighted by Gasteiger charge is 2.39. The van der Waals surface area contributed by atoms with Crippen LogP contribution in [0.15, 0.2) is 35.4 Å². The van der Waals surface area contributed by atoms with Gasteiger partial charge < -0.3 is 9.47 Å². The zero-order chi connectivity index (χ0) is 14.3. The molecule has 2 aliphatic rings. The number of ether oxygens (including phenoxy) is 2. The number of carbonyl (C=O) groups excluding carboxylic acids is 3. The van der Waals surface area contributed by atoms with Gasteiger partial charge in [-0.2, -0.15) is 0 Å². The number of benzene rings is 1. The molecule has 0 saturated carbocycles. The van der Waals surface area contributed by atoms with Crippen molar-refractivity contribution in [3.05, 3.63) is 46.5 Å². The zero-order valence-electron chi connectivity index (χ0n) is 10.8. The molecule has 3 rings (SSSR count). The minimum atomic E-state index is -1.08. The number of esters is 1. The molecule has 1 unspecified atom stereocenters. The molecule has 1 heterocycles. The average molecular weight is 272 g/mol. The number of fused-ring (bicyclic) bond motifs is 1. The van der Waals surface area contributed by atoms with Crippen molar-refractivity contribution < 1.29 is 23.9 Å². The molecule has 1 aliphatic heterocycles. The van der Waals surface area contributed by atoms with Crippen LogP contribution in [-0.4, -0.2) is 30.4 Å². The van der Waals surface area contributed by atoms with E-state index in [1.165, 1.54) is 6.92 Å². The fourth-order valence-corrected chi connectivity index (χ4v) is 2.54. The first kappa shape index (κ1) is 12.7. The third-order valence-corrected chi connectivity index (χ3v) is 3.39. The number of carbonyl (C=O) groups is 3. The summed E-state index contributed by atoms with van der Waals surface area (Å²) in [5.41, 5.74) is 1.29. The van der Waals surface area contributed by atoms with Gasteiger partial charge in [-0.1, -0.05) is 24.3 Å². The first-order chi connectivity index (χ1) is 9.59. The largest absolute Gasteiger partial charge is 0.431 e. The Bertz CT molecular complexity index is 656. The van der Waals surface area contributed by atoms with E-state index in [1.54, 1.807) is 24.3 Å². The standard InChI is InChI=1S/C15H12O5/c1-8(16)20-15-12-11(6-7-19-15)13(17)9-4-2-3-5-10(9)14(12)18/h2-5,15H,6-7H2,1H3. The molecule has 5 heteroatoms. The van der Waals surface area contributed by atoms with E-state index < -0.39 is 12.3 Å². The molecule has 0 saturated heterocycles. The van der Waals surface area contributed by atoms with Gasteiger partial charge in [0.25, 0.3) is 0 Å². The molecule has 1 aromatic rings. The first-order valence-electron chi connectivity index (χ1n) is 6.30. The fourth-order valence-electron chi connectivity index (χ4n) is 2.54. The number of hydrogen-bond donors (Lipinski definition) is 0. The minimum Gasteiger partial charge on any atom is -0.431 e. The minimum absolute atomic E-state index is 0.162. The summed E-state index contributed by atoms with van der Waals surface area (Å²) in [7, 11) is 0. The summed E-state index contributed by atoms with van der Waals surface area (Å²) in [6, 6.07) is 6.65. The predicted molar refractivity (Wildman–Crippen MR) is 68.3 cm³/mol. The highest BCUT2D eigenvalue weighted by Crippen LogP contribution is 2.33. The van der Waals surface area contributed by atoms with E-state index in [-0.39, 0.29) is 23.7 Å². The van der Waals surface area contributed by atoms with E-state index in [9.17, 15) is 14.4 Å². The zero-order valence-corrected chi connectivity index (χ0v) is 10.8. The molecule has 1 aliphatic carbocycles. The summed E-state index contributed by atoms with van der Waals surface area (Å²) < 4.78 is 10.3. The van der Waals surface area contributed by atoms with Gasteiger partial charge >= 0.3 is 5.97 Å². The van der Waals surface area contributed by atoms with Crippen LogP contribution in [0.2, 0.25) is 0 Å². The van der Waals surface area contributed by atoms with Crippen LogP contribution >= 0.6 is 0 Å². The molecule has 0 fully saturated rings. The third-order valence-electron chi connectivity index (χ3n) is 3.39. The Morgan fingerprint density at radius 1 is 1.20 bits per heavy atom.